The number of hydrogen-bond donors (Lipinski definition) is 3. The van der Waals surface area contributed by atoms with Crippen LogP contribution in [0.2, 0.25) is 0 Å². The van der Waals surface area contributed by atoms with Crippen molar-refractivity contribution in [1.29, 1.82) is 0 Å². The molecule has 0 spiro atoms. The average Bonchev–Trinajstić information content (AvgIpc) is 2.45. The molecule has 8 nitrogen and oxygen atoms in total. The van der Waals surface area contributed by atoms with Crippen LogP contribution in [0.15, 0.2) is 0 Å². The van der Waals surface area contributed by atoms with Gasteiger partial charge in [-0.2, -0.15) is 0 Å². The number of carbonyl (C=O) groups is 3. The first kappa shape index (κ1) is 17.4. The molecule has 0 aliphatic carbocycles. The number of carboxylic acids is 2. The third-order valence-electron chi connectivity index (χ3n) is 3.81. The lowest BCUT2D eigenvalue weighted by atomic mass is 9.85. The van der Waals surface area contributed by atoms with Crippen LogP contribution in [0.25, 0.3) is 0 Å². The third-order valence-corrected chi connectivity index (χ3v) is 3.81. The molecule has 1 fully saturated rings. The molecule has 3 unspecified atom stereocenters. The Balaban J connectivity index is 2.62. The van der Waals surface area contributed by atoms with Crippen LogP contribution in [-0.4, -0.2) is 72.4 Å². The molecule has 8 heteroatoms. The van der Waals surface area contributed by atoms with Crippen LogP contribution in [0.5, 0.6) is 0 Å². The Morgan fingerprint density at radius 2 is 1.90 bits per heavy atom. The van der Waals surface area contributed by atoms with E-state index in [1.165, 1.54) is 7.11 Å². The molecule has 0 aromatic heterocycles. The fourth-order valence-corrected chi connectivity index (χ4v) is 2.46. The summed E-state index contributed by atoms with van der Waals surface area (Å²) in [5.74, 6) is -4.35. The van der Waals surface area contributed by atoms with Gasteiger partial charge in [0, 0.05) is 20.2 Å². The highest BCUT2D eigenvalue weighted by molar-refractivity contribution is 5.82. The van der Waals surface area contributed by atoms with Gasteiger partial charge in [0.2, 0.25) is 5.91 Å². The summed E-state index contributed by atoms with van der Waals surface area (Å²) >= 11 is 0. The maximum atomic E-state index is 11.9. The smallest absolute Gasteiger partial charge is 0.308 e. The standard InChI is InChI=1S/C13H22N2O6/c1-8(11(16)14-4-6-21-2)15-5-3-9(12(17)18)10(7-15)13(19)20/h8-10H,3-7H2,1-2H3,(H,14,16)(H,17,18)(H,19,20). The van der Waals surface area contributed by atoms with Crippen LogP contribution in [0.3, 0.4) is 0 Å². The van der Waals surface area contributed by atoms with Crippen molar-refractivity contribution < 1.29 is 29.3 Å². The van der Waals surface area contributed by atoms with E-state index < -0.39 is 29.8 Å². The number of carboxylic acid groups (broad SMARTS) is 2. The molecular formula is C13H22N2O6. The summed E-state index contributed by atoms with van der Waals surface area (Å²) in [4.78, 5) is 35.9. The quantitative estimate of drug-likeness (QED) is 0.529. The van der Waals surface area contributed by atoms with E-state index in [1.807, 2.05) is 0 Å². The van der Waals surface area contributed by atoms with Crippen molar-refractivity contribution >= 4 is 17.8 Å². The van der Waals surface area contributed by atoms with E-state index in [1.54, 1.807) is 11.8 Å². The van der Waals surface area contributed by atoms with Gasteiger partial charge in [-0.15, -0.1) is 0 Å². The molecule has 21 heavy (non-hydrogen) atoms. The highest BCUT2D eigenvalue weighted by Crippen LogP contribution is 2.25. The monoisotopic (exact) mass is 302 g/mol. The van der Waals surface area contributed by atoms with E-state index in [-0.39, 0.29) is 18.9 Å². The molecule has 1 aliphatic rings. The largest absolute Gasteiger partial charge is 0.481 e. The number of nitrogens with one attached hydrogen (secondary N) is 1. The van der Waals surface area contributed by atoms with Gasteiger partial charge in [0.05, 0.1) is 24.5 Å². The van der Waals surface area contributed by atoms with Crippen molar-refractivity contribution in [3.63, 3.8) is 0 Å². The summed E-state index contributed by atoms with van der Waals surface area (Å²) in [5.41, 5.74) is 0. The van der Waals surface area contributed by atoms with E-state index >= 15 is 0 Å². The molecule has 1 heterocycles. The molecule has 0 aromatic rings. The van der Waals surface area contributed by atoms with Gasteiger partial charge in [0.25, 0.3) is 0 Å². The summed E-state index contributed by atoms with van der Waals surface area (Å²) in [6.07, 6.45) is 0.224. The maximum absolute atomic E-state index is 11.9. The van der Waals surface area contributed by atoms with Gasteiger partial charge in [0.1, 0.15) is 0 Å². The lowest BCUT2D eigenvalue weighted by molar-refractivity contribution is -0.158. The van der Waals surface area contributed by atoms with E-state index in [0.29, 0.717) is 19.7 Å². The Hall–Kier alpha value is -1.67. The number of piperidine rings is 1. The summed E-state index contributed by atoms with van der Waals surface area (Å²) in [5, 5.41) is 20.9. The lowest BCUT2D eigenvalue weighted by Gasteiger charge is -2.37. The Bertz CT molecular complexity index is 400. The number of ether oxygens (including phenoxy) is 1. The second-order valence-electron chi connectivity index (χ2n) is 5.13. The van der Waals surface area contributed by atoms with Crippen LogP contribution in [0.1, 0.15) is 13.3 Å². The van der Waals surface area contributed by atoms with Crippen LogP contribution in [0.4, 0.5) is 0 Å². The molecule has 120 valence electrons. The topological polar surface area (TPSA) is 116 Å². The Morgan fingerprint density at radius 3 is 2.43 bits per heavy atom. The molecule has 3 N–H and O–H groups in total. The molecule has 3 atom stereocenters. The number of amides is 1. The number of rotatable bonds is 7. The number of likely N-dealkylation sites (tertiary alicyclic amines) is 1. The SMILES string of the molecule is COCCNC(=O)C(C)N1CCC(C(=O)O)C(C(=O)O)C1. The normalized spacial score (nSPS) is 24.3. The van der Waals surface area contributed by atoms with Crippen LogP contribution in [0, 0.1) is 11.8 Å². The third kappa shape index (κ3) is 4.68. The molecule has 1 aliphatic heterocycles. The Labute approximate surface area is 123 Å². The molecular weight excluding hydrogens is 280 g/mol. The number of hydrogen-bond acceptors (Lipinski definition) is 5. The molecule has 1 rings (SSSR count). The summed E-state index contributed by atoms with van der Waals surface area (Å²) in [6, 6.07) is -0.501. The zero-order valence-electron chi connectivity index (χ0n) is 12.2. The number of methoxy groups -OCH3 is 1. The molecule has 0 saturated carbocycles. The van der Waals surface area contributed by atoms with Crippen molar-refractivity contribution in [2.75, 3.05) is 33.4 Å². The second-order valence-corrected chi connectivity index (χ2v) is 5.13. The van der Waals surface area contributed by atoms with Gasteiger partial charge >= 0.3 is 11.9 Å². The molecule has 1 amide bonds. The van der Waals surface area contributed by atoms with Crippen molar-refractivity contribution in [2.24, 2.45) is 11.8 Å². The minimum absolute atomic E-state index is 0.0607. The molecule has 0 bridgehead atoms. The van der Waals surface area contributed by atoms with E-state index in [9.17, 15) is 14.4 Å². The summed E-state index contributed by atoms with van der Waals surface area (Å²) in [7, 11) is 1.53. The zero-order chi connectivity index (χ0) is 16.0. The average molecular weight is 302 g/mol. The van der Waals surface area contributed by atoms with Crippen LogP contribution in [-0.2, 0) is 19.1 Å². The minimum Gasteiger partial charge on any atom is -0.481 e. The highest BCUT2D eigenvalue weighted by atomic mass is 16.5. The van der Waals surface area contributed by atoms with Gasteiger partial charge < -0.3 is 20.3 Å². The maximum Gasteiger partial charge on any atom is 0.308 e. The van der Waals surface area contributed by atoms with E-state index in [0.717, 1.165) is 0 Å². The first-order valence-electron chi connectivity index (χ1n) is 6.84. The van der Waals surface area contributed by atoms with Gasteiger partial charge in [-0.05, 0) is 19.9 Å². The van der Waals surface area contributed by atoms with Gasteiger partial charge in [-0.3, -0.25) is 19.3 Å². The lowest BCUT2D eigenvalue weighted by Crippen LogP contribution is -2.53. The second kappa shape index (κ2) is 7.94. The van der Waals surface area contributed by atoms with E-state index in [2.05, 4.69) is 5.32 Å². The van der Waals surface area contributed by atoms with Crippen LogP contribution < -0.4 is 5.32 Å². The van der Waals surface area contributed by atoms with Gasteiger partial charge in [-0.25, -0.2) is 0 Å². The molecule has 1 saturated heterocycles. The first-order chi connectivity index (χ1) is 9.88. The van der Waals surface area contributed by atoms with Gasteiger partial charge in [-0.1, -0.05) is 0 Å². The molecule has 0 radical (unpaired) electrons. The number of nitrogens with zero attached hydrogens (tertiary/aromatic N) is 1. The fourth-order valence-electron chi connectivity index (χ4n) is 2.46. The number of carbonyl (C=O) groups excluding carboxylic acids is 1. The van der Waals surface area contributed by atoms with E-state index in [4.69, 9.17) is 14.9 Å². The van der Waals surface area contributed by atoms with Crippen molar-refractivity contribution in [1.82, 2.24) is 10.2 Å². The first-order valence-corrected chi connectivity index (χ1v) is 6.84. The Kier molecular flexibility index (Phi) is 6.57. The fraction of sp³-hybridized carbons (Fsp3) is 0.769. The number of aliphatic carboxylic acids is 2. The van der Waals surface area contributed by atoms with Gasteiger partial charge in [0.15, 0.2) is 0 Å². The minimum atomic E-state index is -1.14. The molecule has 0 aromatic carbocycles. The van der Waals surface area contributed by atoms with Crippen LogP contribution >= 0.6 is 0 Å². The highest BCUT2D eigenvalue weighted by Gasteiger charge is 2.40. The summed E-state index contributed by atoms with van der Waals surface area (Å²) in [6.45, 7) is 2.91. The van der Waals surface area contributed by atoms with Crippen molar-refractivity contribution in [3.05, 3.63) is 0 Å². The van der Waals surface area contributed by atoms with Crippen molar-refractivity contribution in [2.45, 2.75) is 19.4 Å². The van der Waals surface area contributed by atoms with Crippen molar-refractivity contribution in [3.8, 4) is 0 Å². The Morgan fingerprint density at radius 1 is 1.29 bits per heavy atom. The zero-order valence-corrected chi connectivity index (χ0v) is 12.2. The summed E-state index contributed by atoms with van der Waals surface area (Å²) < 4.78 is 4.84. The predicted octanol–water partition coefficient (Wildman–Crippen LogP) is -0.755. The predicted molar refractivity (Wildman–Crippen MR) is 72.8 cm³/mol.